The summed E-state index contributed by atoms with van der Waals surface area (Å²) >= 11 is 6.02. The van der Waals surface area contributed by atoms with E-state index in [9.17, 15) is 0 Å². The molecule has 3 nitrogen and oxygen atoms in total. The Morgan fingerprint density at radius 2 is 2.21 bits per heavy atom. The average molecular weight is 216 g/mol. The number of hydrogen-bond acceptors (Lipinski definition) is 3. The zero-order valence-electron chi connectivity index (χ0n) is 8.25. The van der Waals surface area contributed by atoms with Gasteiger partial charge in [-0.1, -0.05) is 11.6 Å². The van der Waals surface area contributed by atoms with Gasteiger partial charge in [0.25, 0.3) is 0 Å². The third-order valence-corrected chi connectivity index (χ3v) is 2.34. The van der Waals surface area contributed by atoms with Crippen LogP contribution in [0, 0.1) is 6.92 Å². The van der Waals surface area contributed by atoms with E-state index >= 15 is 0 Å². The lowest BCUT2D eigenvalue weighted by Crippen LogP contribution is -2.16. The smallest absolute Gasteiger partial charge is 0.125 e. The second kappa shape index (κ2) is 4.64. The van der Waals surface area contributed by atoms with E-state index in [1.807, 2.05) is 13.0 Å². The van der Waals surface area contributed by atoms with Crippen LogP contribution in [-0.4, -0.2) is 18.8 Å². The number of methoxy groups -OCH3 is 1. The Labute approximate surface area is 88.4 Å². The van der Waals surface area contributed by atoms with E-state index in [4.69, 9.17) is 27.2 Å². The fraction of sp³-hybridized carbons (Fsp3) is 0.400. The predicted octanol–water partition coefficient (Wildman–Crippen LogP) is 1.65. The summed E-state index contributed by atoms with van der Waals surface area (Å²) in [5.74, 6) is 0.622. The molecule has 0 aliphatic rings. The van der Waals surface area contributed by atoms with Crippen LogP contribution < -0.4 is 10.5 Å². The summed E-state index contributed by atoms with van der Waals surface area (Å²) in [6.07, 6.45) is 0. The van der Waals surface area contributed by atoms with Gasteiger partial charge in [-0.05, 0) is 24.6 Å². The Kier molecular flexibility index (Phi) is 3.75. The van der Waals surface area contributed by atoms with E-state index in [1.54, 1.807) is 13.2 Å². The van der Waals surface area contributed by atoms with Crippen LogP contribution in [0.4, 0.5) is 0 Å². The van der Waals surface area contributed by atoms with Crippen LogP contribution in [-0.2, 0) is 0 Å². The standard InChI is InChI=1S/C10H14ClNO2/c1-6-3-7(11)10(8(12)5-13)9(4-6)14-2/h3-4,8,13H,5,12H2,1-2H3. The van der Waals surface area contributed by atoms with Gasteiger partial charge in [-0.15, -0.1) is 0 Å². The molecule has 4 heteroatoms. The largest absolute Gasteiger partial charge is 0.496 e. The third-order valence-electron chi connectivity index (χ3n) is 2.02. The molecule has 0 heterocycles. The Morgan fingerprint density at radius 3 is 2.71 bits per heavy atom. The van der Waals surface area contributed by atoms with Crippen molar-refractivity contribution in [2.45, 2.75) is 13.0 Å². The highest BCUT2D eigenvalue weighted by molar-refractivity contribution is 6.31. The van der Waals surface area contributed by atoms with Gasteiger partial charge >= 0.3 is 0 Å². The van der Waals surface area contributed by atoms with Gasteiger partial charge in [0.2, 0.25) is 0 Å². The maximum Gasteiger partial charge on any atom is 0.125 e. The number of nitrogens with two attached hydrogens (primary N) is 1. The van der Waals surface area contributed by atoms with Gasteiger partial charge < -0.3 is 15.6 Å². The molecular formula is C10H14ClNO2. The summed E-state index contributed by atoms with van der Waals surface area (Å²) in [6.45, 7) is 1.77. The predicted molar refractivity (Wildman–Crippen MR) is 56.8 cm³/mol. The number of hydrogen-bond donors (Lipinski definition) is 2. The number of aliphatic hydroxyl groups excluding tert-OH is 1. The molecule has 0 saturated heterocycles. The van der Waals surface area contributed by atoms with Crippen molar-refractivity contribution in [1.29, 1.82) is 0 Å². The molecule has 78 valence electrons. The summed E-state index contributed by atoms with van der Waals surface area (Å²) in [5, 5.41) is 9.49. The summed E-state index contributed by atoms with van der Waals surface area (Å²) in [7, 11) is 1.55. The van der Waals surface area contributed by atoms with E-state index in [1.165, 1.54) is 0 Å². The Hall–Kier alpha value is -0.770. The molecule has 14 heavy (non-hydrogen) atoms. The molecule has 0 fully saturated rings. The van der Waals surface area contributed by atoms with Crippen LogP contribution in [0.25, 0.3) is 0 Å². The van der Waals surface area contributed by atoms with Crippen molar-refractivity contribution < 1.29 is 9.84 Å². The summed E-state index contributed by atoms with van der Waals surface area (Å²) < 4.78 is 5.15. The third kappa shape index (κ3) is 2.18. The van der Waals surface area contributed by atoms with Gasteiger partial charge in [-0.25, -0.2) is 0 Å². The van der Waals surface area contributed by atoms with E-state index in [0.29, 0.717) is 16.3 Å². The van der Waals surface area contributed by atoms with Crippen LogP contribution in [0.15, 0.2) is 12.1 Å². The van der Waals surface area contributed by atoms with Crippen molar-refractivity contribution in [3.63, 3.8) is 0 Å². The van der Waals surface area contributed by atoms with Gasteiger partial charge in [0.05, 0.1) is 19.8 Å². The number of benzene rings is 1. The molecule has 0 aliphatic carbocycles. The van der Waals surface area contributed by atoms with Crippen molar-refractivity contribution in [1.82, 2.24) is 0 Å². The number of aliphatic hydroxyl groups is 1. The SMILES string of the molecule is COc1cc(C)cc(Cl)c1C(N)CO. The van der Waals surface area contributed by atoms with Gasteiger partial charge in [-0.2, -0.15) is 0 Å². The average Bonchev–Trinajstić information content (AvgIpc) is 2.15. The summed E-state index contributed by atoms with van der Waals surface area (Å²) in [6, 6.07) is 3.14. The Bertz CT molecular complexity index is 328. The molecule has 0 aromatic heterocycles. The second-order valence-corrected chi connectivity index (χ2v) is 3.56. The van der Waals surface area contributed by atoms with Crippen molar-refractivity contribution in [2.75, 3.05) is 13.7 Å². The van der Waals surface area contributed by atoms with Gasteiger partial charge in [0, 0.05) is 10.6 Å². The van der Waals surface area contributed by atoms with Crippen molar-refractivity contribution in [3.8, 4) is 5.75 Å². The zero-order valence-corrected chi connectivity index (χ0v) is 9.01. The minimum absolute atomic E-state index is 0.154. The lowest BCUT2D eigenvalue weighted by Gasteiger charge is -2.15. The second-order valence-electron chi connectivity index (χ2n) is 3.15. The lowest BCUT2D eigenvalue weighted by molar-refractivity contribution is 0.264. The number of ether oxygens (including phenoxy) is 1. The topological polar surface area (TPSA) is 55.5 Å². The summed E-state index contributed by atoms with van der Waals surface area (Å²) in [4.78, 5) is 0. The number of halogens is 1. The van der Waals surface area contributed by atoms with Crippen molar-refractivity contribution >= 4 is 11.6 Å². The van der Waals surface area contributed by atoms with Crippen LogP contribution in [0.5, 0.6) is 5.75 Å². The van der Waals surface area contributed by atoms with Crippen LogP contribution in [0.3, 0.4) is 0 Å². The van der Waals surface area contributed by atoms with E-state index in [0.717, 1.165) is 5.56 Å². The van der Waals surface area contributed by atoms with Crippen molar-refractivity contribution in [3.05, 3.63) is 28.3 Å². The molecule has 0 bridgehead atoms. The fourth-order valence-corrected chi connectivity index (χ4v) is 1.75. The molecule has 1 atom stereocenters. The highest BCUT2D eigenvalue weighted by Gasteiger charge is 2.15. The Morgan fingerprint density at radius 1 is 1.57 bits per heavy atom. The maximum atomic E-state index is 8.96. The number of aryl methyl sites for hydroxylation is 1. The first-order valence-corrected chi connectivity index (χ1v) is 4.68. The van der Waals surface area contributed by atoms with Crippen molar-refractivity contribution in [2.24, 2.45) is 5.73 Å². The van der Waals surface area contributed by atoms with Gasteiger partial charge in [-0.3, -0.25) is 0 Å². The van der Waals surface area contributed by atoms with Gasteiger partial charge in [0.15, 0.2) is 0 Å². The zero-order chi connectivity index (χ0) is 10.7. The lowest BCUT2D eigenvalue weighted by atomic mass is 10.0. The molecule has 0 saturated carbocycles. The van der Waals surface area contributed by atoms with E-state index < -0.39 is 6.04 Å². The minimum atomic E-state index is -0.502. The molecular weight excluding hydrogens is 202 g/mol. The van der Waals surface area contributed by atoms with Crippen LogP contribution in [0.2, 0.25) is 5.02 Å². The molecule has 1 unspecified atom stereocenters. The first kappa shape index (κ1) is 11.3. The monoisotopic (exact) mass is 215 g/mol. The van der Waals surface area contributed by atoms with Gasteiger partial charge in [0.1, 0.15) is 5.75 Å². The molecule has 1 aromatic carbocycles. The van der Waals surface area contributed by atoms with Crippen LogP contribution >= 0.6 is 11.6 Å². The van der Waals surface area contributed by atoms with Crippen LogP contribution in [0.1, 0.15) is 17.2 Å². The first-order valence-electron chi connectivity index (χ1n) is 4.30. The maximum absolute atomic E-state index is 8.96. The molecule has 0 spiro atoms. The normalized spacial score (nSPS) is 12.6. The molecule has 0 aliphatic heterocycles. The van der Waals surface area contributed by atoms with E-state index in [-0.39, 0.29) is 6.61 Å². The quantitative estimate of drug-likeness (QED) is 0.806. The minimum Gasteiger partial charge on any atom is -0.496 e. The molecule has 1 rings (SSSR count). The summed E-state index contributed by atoms with van der Waals surface area (Å²) in [5.41, 5.74) is 7.36. The van der Waals surface area contributed by atoms with E-state index in [2.05, 4.69) is 0 Å². The molecule has 0 radical (unpaired) electrons. The molecule has 0 amide bonds. The molecule has 3 N–H and O–H groups in total. The Balaban J connectivity index is 3.24. The highest BCUT2D eigenvalue weighted by atomic mass is 35.5. The molecule has 1 aromatic rings. The first-order chi connectivity index (χ1) is 6.60. The fourth-order valence-electron chi connectivity index (χ4n) is 1.34. The number of rotatable bonds is 3. The highest BCUT2D eigenvalue weighted by Crippen LogP contribution is 2.32.